The quantitative estimate of drug-likeness (QED) is 0.605. The van der Waals surface area contributed by atoms with Gasteiger partial charge in [-0.2, -0.15) is 0 Å². The molecule has 6 heteroatoms. The number of pyridine rings is 1. The van der Waals surface area contributed by atoms with E-state index in [1.807, 2.05) is 25.3 Å². The van der Waals surface area contributed by atoms with E-state index in [-0.39, 0.29) is 5.82 Å². The first kappa shape index (κ1) is 19.1. The highest BCUT2D eigenvalue weighted by Gasteiger charge is 2.12. The Labute approximate surface area is 160 Å². The Kier molecular flexibility index (Phi) is 7.02. The molecule has 1 saturated heterocycles. The van der Waals surface area contributed by atoms with Crippen LogP contribution in [0, 0.1) is 5.82 Å². The first-order valence-electron chi connectivity index (χ1n) is 9.71. The van der Waals surface area contributed by atoms with Crippen LogP contribution in [0.1, 0.15) is 37.3 Å². The molecule has 1 aromatic carbocycles. The van der Waals surface area contributed by atoms with E-state index >= 15 is 0 Å². The minimum Gasteiger partial charge on any atom is -0.357 e. The average Bonchev–Trinajstić information content (AvgIpc) is 2.71. The Bertz CT molecular complexity index is 756. The SMILES string of the molecule is CCNC(=NCc1cccc(F)c1)NCc1ccnc(N2CCCCC2)c1. The molecule has 0 unspecified atom stereocenters. The molecule has 144 valence electrons. The summed E-state index contributed by atoms with van der Waals surface area (Å²) in [5.41, 5.74) is 2.02. The maximum Gasteiger partial charge on any atom is 0.191 e. The number of rotatable bonds is 6. The Hall–Kier alpha value is -2.63. The highest BCUT2D eigenvalue weighted by molar-refractivity contribution is 5.79. The van der Waals surface area contributed by atoms with Crippen LogP contribution in [0.5, 0.6) is 0 Å². The van der Waals surface area contributed by atoms with E-state index in [0.29, 0.717) is 13.1 Å². The van der Waals surface area contributed by atoms with E-state index in [9.17, 15) is 4.39 Å². The third-order valence-electron chi connectivity index (χ3n) is 4.60. The maximum absolute atomic E-state index is 13.3. The minimum atomic E-state index is -0.234. The molecule has 27 heavy (non-hydrogen) atoms. The van der Waals surface area contributed by atoms with Crippen molar-refractivity contribution in [3.8, 4) is 0 Å². The number of aromatic nitrogens is 1. The zero-order chi connectivity index (χ0) is 18.9. The van der Waals surface area contributed by atoms with Crippen LogP contribution in [0.15, 0.2) is 47.6 Å². The summed E-state index contributed by atoms with van der Waals surface area (Å²) in [6, 6.07) is 10.7. The summed E-state index contributed by atoms with van der Waals surface area (Å²) in [7, 11) is 0. The van der Waals surface area contributed by atoms with Crippen LogP contribution >= 0.6 is 0 Å². The predicted octanol–water partition coefficient (Wildman–Crippen LogP) is 3.47. The van der Waals surface area contributed by atoms with Crippen molar-refractivity contribution in [2.75, 3.05) is 24.5 Å². The van der Waals surface area contributed by atoms with Crippen molar-refractivity contribution in [1.82, 2.24) is 15.6 Å². The van der Waals surface area contributed by atoms with Gasteiger partial charge in [-0.1, -0.05) is 12.1 Å². The second kappa shape index (κ2) is 9.90. The lowest BCUT2D eigenvalue weighted by molar-refractivity contribution is 0.573. The topological polar surface area (TPSA) is 52.6 Å². The molecule has 0 atom stereocenters. The van der Waals surface area contributed by atoms with Gasteiger partial charge in [-0.05, 0) is 61.6 Å². The van der Waals surface area contributed by atoms with Crippen molar-refractivity contribution in [3.63, 3.8) is 0 Å². The van der Waals surface area contributed by atoms with E-state index < -0.39 is 0 Å². The summed E-state index contributed by atoms with van der Waals surface area (Å²) in [5.74, 6) is 1.54. The van der Waals surface area contributed by atoms with Crippen molar-refractivity contribution in [2.45, 2.75) is 39.3 Å². The van der Waals surface area contributed by atoms with Crippen molar-refractivity contribution in [1.29, 1.82) is 0 Å². The van der Waals surface area contributed by atoms with Gasteiger partial charge in [0.25, 0.3) is 0 Å². The summed E-state index contributed by atoms with van der Waals surface area (Å²) >= 11 is 0. The van der Waals surface area contributed by atoms with E-state index in [1.54, 1.807) is 6.07 Å². The van der Waals surface area contributed by atoms with Crippen LogP contribution in [0.2, 0.25) is 0 Å². The van der Waals surface area contributed by atoms with E-state index in [4.69, 9.17) is 0 Å². The molecule has 2 N–H and O–H groups in total. The Morgan fingerprint density at radius 3 is 2.74 bits per heavy atom. The maximum atomic E-state index is 13.3. The number of benzene rings is 1. The smallest absolute Gasteiger partial charge is 0.191 e. The number of nitrogens with zero attached hydrogens (tertiary/aromatic N) is 3. The number of anilines is 1. The van der Waals surface area contributed by atoms with Gasteiger partial charge in [0.05, 0.1) is 6.54 Å². The molecule has 1 fully saturated rings. The van der Waals surface area contributed by atoms with Crippen LogP contribution in [0.3, 0.4) is 0 Å². The first-order chi connectivity index (χ1) is 13.2. The molecular weight excluding hydrogens is 341 g/mol. The lowest BCUT2D eigenvalue weighted by Crippen LogP contribution is -2.37. The molecule has 2 aromatic rings. The lowest BCUT2D eigenvalue weighted by atomic mass is 10.1. The molecular formula is C21H28FN5. The molecule has 0 radical (unpaired) electrons. The molecule has 0 spiro atoms. The number of piperidine rings is 1. The van der Waals surface area contributed by atoms with Gasteiger partial charge in [0, 0.05) is 32.4 Å². The van der Waals surface area contributed by atoms with E-state index in [2.05, 4.69) is 31.6 Å². The molecule has 2 heterocycles. The number of aliphatic imine (C=N–C) groups is 1. The third-order valence-corrected chi connectivity index (χ3v) is 4.60. The van der Waals surface area contributed by atoms with Gasteiger partial charge in [-0.25, -0.2) is 14.4 Å². The highest BCUT2D eigenvalue weighted by Crippen LogP contribution is 2.18. The highest BCUT2D eigenvalue weighted by atomic mass is 19.1. The fourth-order valence-electron chi connectivity index (χ4n) is 3.20. The zero-order valence-corrected chi connectivity index (χ0v) is 15.9. The van der Waals surface area contributed by atoms with Gasteiger partial charge in [-0.3, -0.25) is 0 Å². The van der Waals surface area contributed by atoms with Crippen LogP contribution in [0.25, 0.3) is 0 Å². The van der Waals surface area contributed by atoms with Crippen molar-refractivity contribution < 1.29 is 4.39 Å². The van der Waals surface area contributed by atoms with Gasteiger partial charge in [-0.15, -0.1) is 0 Å². The molecule has 0 bridgehead atoms. The standard InChI is InChI=1S/C21H28FN5/c1-2-23-21(25-15-17-7-6-8-19(22)13-17)26-16-18-9-10-24-20(14-18)27-11-4-3-5-12-27/h6-10,13-14H,2-5,11-12,15-16H2,1H3,(H2,23,25,26). The summed E-state index contributed by atoms with van der Waals surface area (Å²) in [6.45, 7) is 6.06. The first-order valence-corrected chi connectivity index (χ1v) is 9.71. The van der Waals surface area contributed by atoms with Gasteiger partial charge in [0.2, 0.25) is 0 Å². The van der Waals surface area contributed by atoms with Gasteiger partial charge >= 0.3 is 0 Å². The number of nitrogens with one attached hydrogen (secondary N) is 2. The fraction of sp³-hybridized carbons (Fsp3) is 0.429. The number of hydrogen-bond donors (Lipinski definition) is 2. The second-order valence-corrected chi connectivity index (χ2v) is 6.75. The molecule has 3 rings (SSSR count). The Balaban J connectivity index is 1.61. The normalized spacial score (nSPS) is 14.9. The Morgan fingerprint density at radius 2 is 1.96 bits per heavy atom. The van der Waals surface area contributed by atoms with E-state index in [0.717, 1.165) is 37.0 Å². The van der Waals surface area contributed by atoms with Crippen LogP contribution in [-0.2, 0) is 13.1 Å². The number of hydrogen-bond acceptors (Lipinski definition) is 3. The van der Waals surface area contributed by atoms with Crippen LogP contribution < -0.4 is 15.5 Å². The second-order valence-electron chi connectivity index (χ2n) is 6.75. The molecule has 1 aliphatic heterocycles. The summed E-state index contributed by atoms with van der Waals surface area (Å²) < 4.78 is 13.3. The number of halogens is 1. The molecule has 5 nitrogen and oxygen atoms in total. The average molecular weight is 369 g/mol. The predicted molar refractivity (Wildman–Crippen MR) is 108 cm³/mol. The summed E-state index contributed by atoms with van der Waals surface area (Å²) in [6.07, 6.45) is 5.66. The monoisotopic (exact) mass is 369 g/mol. The Morgan fingerprint density at radius 1 is 1.11 bits per heavy atom. The molecule has 1 aromatic heterocycles. The van der Waals surface area contributed by atoms with Crippen molar-refractivity contribution in [2.24, 2.45) is 4.99 Å². The van der Waals surface area contributed by atoms with Crippen LogP contribution in [-0.4, -0.2) is 30.6 Å². The summed E-state index contributed by atoms with van der Waals surface area (Å²) in [4.78, 5) is 11.4. The largest absolute Gasteiger partial charge is 0.357 e. The van der Waals surface area contributed by atoms with Gasteiger partial charge in [0.15, 0.2) is 5.96 Å². The lowest BCUT2D eigenvalue weighted by Gasteiger charge is -2.28. The van der Waals surface area contributed by atoms with Crippen LogP contribution in [0.4, 0.5) is 10.2 Å². The third kappa shape index (κ3) is 5.94. The minimum absolute atomic E-state index is 0.234. The van der Waals surface area contributed by atoms with Gasteiger partial charge < -0.3 is 15.5 Å². The van der Waals surface area contributed by atoms with Crippen molar-refractivity contribution >= 4 is 11.8 Å². The molecule has 0 saturated carbocycles. The molecule has 1 aliphatic rings. The number of guanidine groups is 1. The zero-order valence-electron chi connectivity index (χ0n) is 15.9. The van der Waals surface area contributed by atoms with E-state index in [1.165, 1.54) is 37.0 Å². The molecule has 0 amide bonds. The summed E-state index contributed by atoms with van der Waals surface area (Å²) in [5, 5.41) is 6.59. The molecule has 0 aliphatic carbocycles. The fourth-order valence-corrected chi connectivity index (χ4v) is 3.20. The van der Waals surface area contributed by atoms with Crippen molar-refractivity contribution in [3.05, 3.63) is 59.5 Å². The van der Waals surface area contributed by atoms with Gasteiger partial charge in [0.1, 0.15) is 11.6 Å².